The van der Waals surface area contributed by atoms with Gasteiger partial charge in [-0.1, -0.05) is 0 Å². The maximum atomic E-state index is 9.53. The Morgan fingerprint density at radius 2 is 2.15 bits per heavy atom. The van der Waals surface area contributed by atoms with Gasteiger partial charge in [-0.15, -0.1) is 0 Å². The molecule has 4 nitrogen and oxygen atoms in total. The summed E-state index contributed by atoms with van der Waals surface area (Å²) in [5.74, 6) is 1.15. The van der Waals surface area contributed by atoms with Gasteiger partial charge in [0, 0.05) is 11.7 Å². The second kappa shape index (κ2) is 5.21. The van der Waals surface area contributed by atoms with Crippen LogP contribution in [0.25, 0.3) is 0 Å². The summed E-state index contributed by atoms with van der Waals surface area (Å²) in [5, 5.41) is 12.8. The second-order valence-electron chi connectivity index (χ2n) is 6.32. The summed E-state index contributed by atoms with van der Waals surface area (Å²) in [6.07, 6.45) is 9.00. The number of hydrogen-bond donors (Lipinski definition) is 1. The monoisotopic (exact) mass is 272 g/mol. The van der Waals surface area contributed by atoms with E-state index in [4.69, 9.17) is 4.98 Å². The quantitative estimate of drug-likeness (QED) is 0.900. The van der Waals surface area contributed by atoms with Crippen molar-refractivity contribution in [2.75, 3.05) is 7.05 Å². The van der Waals surface area contributed by atoms with E-state index in [1.54, 1.807) is 0 Å². The maximum absolute atomic E-state index is 9.53. The lowest BCUT2D eigenvalue weighted by Gasteiger charge is -2.37. The molecule has 1 aromatic rings. The van der Waals surface area contributed by atoms with E-state index in [1.807, 2.05) is 7.05 Å². The van der Waals surface area contributed by atoms with Gasteiger partial charge in [-0.25, -0.2) is 4.98 Å². The van der Waals surface area contributed by atoms with Gasteiger partial charge < -0.3 is 9.88 Å². The smallest absolute Gasteiger partial charge is 0.108 e. The first-order chi connectivity index (χ1) is 9.69. The molecule has 2 aliphatic rings. The largest absolute Gasteiger partial charge is 0.329 e. The van der Waals surface area contributed by atoms with Crippen LogP contribution in [0.15, 0.2) is 0 Å². The first-order valence-corrected chi connectivity index (χ1v) is 7.86. The topological polar surface area (TPSA) is 53.6 Å². The molecule has 0 aromatic carbocycles. The highest BCUT2D eigenvalue weighted by molar-refractivity contribution is 5.22. The molecule has 20 heavy (non-hydrogen) atoms. The number of fused-ring (bicyclic) bond motifs is 1. The van der Waals surface area contributed by atoms with Crippen LogP contribution in [0.3, 0.4) is 0 Å². The van der Waals surface area contributed by atoms with E-state index in [1.165, 1.54) is 30.7 Å². The number of nitriles is 1. The number of rotatable bonds is 2. The van der Waals surface area contributed by atoms with Crippen molar-refractivity contribution < 1.29 is 0 Å². The minimum absolute atomic E-state index is 0.346. The molecule has 1 fully saturated rings. The average molecular weight is 272 g/mol. The van der Waals surface area contributed by atoms with Gasteiger partial charge in [-0.05, 0) is 65.3 Å². The Morgan fingerprint density at radius 3 is 2.90 bits per heavy atom. The van der Waals surface area contributed by atoms with Crippen LogP contribution in [0, 0.1) is 18.3 Å². The van der Waals surface area contributed by atoms with Crippen molar-refractivity contribution in [3.63, 3.8) is 0 Å². The molecule has 1 heterocycles. The molecule has 1 saturated carbocycles. The Morgan fingerprint density at radius 1 is 1.35 bits per heavy atom. The van der Waals surface area contributed by atoms with Crippen molar-refractivity contribution in [1.29, 1.82) is 5.26 Å². The molecule has 1 N–H and O–H groups in total. The van der Waals surface area contributed by atoms with Crippen molar-refractivity contribution in [2.24, 2.45) is 0 Å². The molecule has 2 atom stereocenters. The average Bonchev–Trinajstić information content (AvgIpc) is 2.83. The summed E-state index contributed by atoms with van der Waals surface area (Å²) < 4.78 is 2.46. The predicted molar refractivity (Wildman–Crippen MR) is 78.5 cm³/mol. The molecular weight excluding hydrogens is 248 g/mol. The first-order valence-electron chi connectivity index (χ1n) is 7.86. The van der Waals surface area contributed by atoms with Crippen LogP contribution in [-0.2, 0) is 12.8 Å². The zero-order chi connectivity index (χ0) is 14.2. The van der Waals surface area contributed by atoms with Gasteiger partial charge in [0.2, 0.25) is 0 Å². The fourth-order valence-electron chi connectivity index (χ4n) is 4.03. The molecule has 0 spiro atoms. The molecule has 0 bridgehead atoms. The number of nitrogens with zero attached hydrogens (tertiary/aromatic N) is 3. The zero-order valence-corrected chi connectivity index (χ0v) is 12.6. The minimum Gasteiger partial charge on any atom is -0.329 e. The van der Waals surface area contributed by atoms with Gasteiger partial charge in [0.15, 0.2) is 0 Å². The summed E-state index contributed by atoms with van der Waals surface area (Å²) in [5.41, 5.74) is 2.41. The number of aromatic nitrogens is 2. The van der Waals surface area contributed by atoms with E-state index in [0.29, 0.717) is 6.04 Å². The van der Waals surface area contributed by atoms with Crippen LogP contribution in [0.2, 0.25) is 0 Å². The van der Waals surface area contributed by atoms with E-state index >= 15 is 0 Å². The van der Waals surface area contributed by atoms with Crippen molar-refractivity contribution in [1.82, 2.24) is 14.9 Å². The van der Waals surface area contributed by atoms with Gasteiger partial charge in [-0.3, -0.25) is 0 Å². The van der Waals surface area contributed by atoms with Crippen LogP contribution in [0.1, 0.15) is 61.8 Å². The van der Waals surface area contributed by atoms with Crippen molar-refractivity contribution in [2.45, 2.75) is 69.9 Å². The molecule has 4 heteroatoms. The highest BCUT2D eigenvalue weighted by Crippen LogP contribution is 2.38. The number of aryl methyl sites for hydroxylation is 2. The van der Waals surface area contributed by atoms with Crippen molar-refractivity contribution >= 4 is 0 Å². The predicted octanol–water partition coefficient (Wildman–Crippen LogP) is 2.67. The number of imidazole rings is 1. The van der Waals surface area contributed by atoms with E-state index in [9.17, 15) is 5.26 Å². The van der Waals surface area contributed by atoms with Crippen LogP contribution >= 0.6 is 0 Å². The Bertz CT molecular complexity index is 539. The van der Waals surface area contributed by atoms with Crippen LogP contribution in [0.4, 0.5) is 0 Å². The molecule has 3 rings (SSSR count). The minimum atomic E-state index is -0.346. The third-order valence-electron chi connectivity index (χ3n) is 5.13. The highest BCUT2D eigenvalue weighted by Gasteiger charge is 2.37. The SMILES string of the molecule is CNC1(C#N)CCCC(n2c(C)nc3c2CCCC3)C1. The molecule has 0 radical (unpaired) electrons. The molecule has 0 amide bonds. The molecule has 108 valence electrons. The molecule has 2 unspecified atom stereocenters. The standard InChI is InChI=1S/C16H24N4/c1-12-19-14-7-3-4-8-15(14)20(12)13-6-5-9-16(10-13,11-17)18-2/h13,18H,3-10H2,1-2H3. The number of hydrogen-bond acceptors (Lipinski definition) is 3. The third kappa shape index (κ3) is 2.14. The first kappa shape index (κ1) is 13.6. The molecular formula is C16H24N4. The highest BCUT2D eigenvalue weighted by atomic mass is 15.1. The summed E-state index contributed by atoms with van der Waals surface area (Å²) in [6, 6.07) is 2.95. The van der Waals surface area contributed by atoms with Gasteiger partial charge in [0.1, 0.15) is 11.4 Å². The Labute approximate surface area is 121 Å². The molecule has 1 aromatic heterocycles. The summed E-state index contributed by atoms with van der Waals surface area (Å²) >= 11 is 0. The van der Waals surface area contributed by atoms with Gasteiger partial charge in [-0.2, -0.15) is 5.26 Å². The van der Waals surface area contributed by atoms with Crippen molar-refractivity contribution in [3.8, 4) is 6.07 Å². The fourth-order valence-corrected chi connectivity index (χ4v) is 4.03. The maximum Gasteiger partial charge on any atom is 0.108 e. The van der Waals surface area contributed by atoms with Gasteiger partial charge >= 0.3 is 0 Å². The fraction of sp³-hybridized carbons (Fsp3) is 0.750. The van der Waals surface area contributed by atoms with Gasteiger partial charge in [0.25, 0.3) is 0 Å². The van der Waals surface area contributed by atoms with Crippen molar-refractivity contribution in [3.05, 3.63) is 17.2 Å². The summed E-state index contributed by atoms with van der Waals surface area (Å²) in [6.45, 7) is 2.13. The Hall–Kier alpha value is -1.34. The second-order valence-corrected chi connectivity index (χ2v) is 6.32. The van der Waals surface area contributed by atoms with Crippen LogP contribution in [-0.4, -0.2) is 22.1 Å². The molecule has 0 aliphatic heterocycles. The molecule has 2 aliphatic carbocycles. The third-order valence-corrected chi connectivity index (χ3v) is 5.13. The van der Waals surface area contributed by atoms with E-state index < -0.39 is 0 Å². The van der Waals surface area contributed by atoms with E-state index in [2.05, 4.69) is 22.9 Å². The van der Waals surface area contributed by atoms with Crippen LogP contribution < -0.4 is 5.32 Å². The summed E-state index contributed by atoms with van der Waals surface area (Å²) in [7, 11) is 1.92. The van der Waals surface area contributed by atoms with E-state index in [-0.39, 0.29) is 5.54 Å². The van der Waals surface area contributed by atoms with E-state index in [0.717, 1.165) is 37.9 Å². The Kier molecular flexibility index (Phi) is 3.55. The lowest BCUT2D eigenvalue weighted by molar-refractivity contribution is 0.236. The lowest BCUT2D eigenvalue weighted by atomic mass is 9.79. The van der Waals surface area contributed by atoms with Gasteiger partial charge in [0.05, 0.1) is 11.8 Å². The normalized spacial score (nSPS) is 29.8. The Balaban J connectivity index is 1.93. The summed E-state index contributed by atoms with van der Waals surface area (Å²) in [4.78, 5) is 4.79. The number of nitrogens with one attached hydrogen (secondary N) is 1. The lowest BCUT2D eigenvalue weighted by Crippen LogP contribution is -2.46. The molecule has 0 saturated heterocycles. The zero-order valence-electron chi connectivity index (χ0n) is 12.6. The van der Waals surface area contributed by atoms with Crippen LogP contribution in [0.5, 0.6) is 0 Å².